The fourth-order valence-corrected chi connectivity index (χ4v) is 2.25. The smallest absolute Gasteiger partial charge is 0.128 e. The molecule has 0 unspecified atom stereocenters. The van der Waals surface area contributed by atoms with Crippen LogP contribution in [0.15, 0.2) is 24.4 Å². The molecule has 0 bridgehead atoms. The number of hydrogen-bond donors (Lipinski definition) is 1. The fourth-order valence-electron chi connectivity index (χ4n) is 2.25. The zero-order valence-electron chi connectivity index (χ0n) is 11.5. The highest BCUT2D eigenvalue weighted by Crippen LogP contribution is 2.11. The summed E-state index contributed by atoms with van der Waals surface area (Å²) in [5, 5.41) is 3.47. The summed E-state index contributed by atoms with van der Waals surface area (Å²) < 4.78 is 0. The van der Waals surface area contributed by atoms with Crippen molar-refractivity contribution in [3.05, 3.63) is 24.4 Å². The second kappa shape index (κ2) is 6.71. The summed E-state index contributed by atoms with van der Waals surface area (Å²) >= 11 is 0. The number of aromatic nitrogens is 1. The van der Waals surface area contributed by atoms with E-state index in [4.69, 9.17) is 0 Å². The lowest BCUT2D eigenvalue weighted by Gasteiger charge is -2.35. The molecule has 1 N–H and O–H groups in total. The van der Waals surface area contributed by atoms with Crippen LogP contribution in [-0.2, 0) is 0 Å². The predicted octanol–water partition coefficient (Wildman–Crippen LogP) is 1.20. The lowest BCUT2D eigenvalue weighted by Crippen LogP contribution is -2.48. The molecule has 1 aliphatic heterocycles. The number of nitrogens with zero attached hydrogens (tertiary/aromatic N) is 3. The van der Waals surface area contributed by atoms with Gasteiger partial charge in [-0.15, -0.1) is 0 Å². The number of rotatable bonds is 5. The predicted molar refractivity (Wildman–Crippen MR) is 76.0 cm³/mol. The molecule has 0 spiro atoms. The molecule has 1 saturated heterocycles. The summed E-state index contributed by atoms with van der Waals surface area (Å²) in [7, 11) is 0. The van der Waals surface area contributed by atoms with E-state index in [-0.39, 0.29) is 0 Å². The van der Waals surface area contributed by atoms with Crippen molar-refractivity contribution in [1.29, 1.82) is 0 Å². The van der Waals surface area contributed by atoms with Crippen molar-refractivity contribution in [2.45, 2.75) is 19.9 Å². The molecule has 0 radical (unpaired) electrons. The van der Waals surface area contributed by atoms with Crippen LogP contribution >= 0.6 is 0 Å². The van der Waals surface area contributed by atoms with Crippen molar-refractivity contribution in [1.82, 2.24) is 15.2 Å². The Labute approximate surface area is 110 Å². The van der Waals surface area contributed by atoms with Crippen molar-refractivity contribution in [3.8, 4) is 0 Å². The third-order valence-corrected chi connectivity index (χ3v) is 3.33. The van der Waals surface area contributed by atoms with E-state index in [0.717, 1.165) is 45.1 Å². The molecule has 1 aliphatic rings. The van der Waals surface area contributed by atoms with Gasteiger partial charge in [-0.3, -0.25) is 4.90 Å². The van der Waals surface area contributed by atoms with Crippen LogP contribution in [0.2, 0.25) is 0 Å². The van der Waals surface area contributed by atoms with Gasteiger partial charge in [-0.05, 0) is 12.1 Å². The van der Waals surface area contributed by atoms with Gasteiger partial charge in [0.05, 0.1) is 0 Å². The molecular weight excluding hydrogens is 224 g/mol. The third-order valence-electron chi connectivity index (χ3n) is 3.33. The zero-order valence-corrected chi connectivity index (χ0v) is 11.5. The third kappa shape index (κ3) is 3.96. The molecule has 1 aromatic heterocycles. The minimum Gasteiger partial charge on any atom is -0.354 e. The van der Waals surface area contributed by atoms with Crippen LogP contribution in [0.3, 0.4) is 0 Å². The van der Waals surface area contributed by atoms with Gasteiger partial charge in [-0.1, -0.05) is 19.9 Å². The Balaban J connectivity index is 1.71. The molecule has 18 heavy (non-hydrogen) atoms. The monoisotopic (exact) mass is 248 g/mol. The van der Waals surface area contributed by atoms with E-state index in [0.29, 0.717) is 6.04 Å². The SMILES string of the molecule is CC(C)NCCN1CCN(c2ccccn2)CC1. The second-order valence-corrected chi connectivity index (χ2v) is 5.13. The van der Waals surface area contributed by atoms with Gasteiger partial charge in [0.2, 0.25) is 0 Å². The maximum absolute atomic E-state index is 4.41. The van der Waals surface area contributed by atoms with Crippen LogP contribution in [0.4, 0.5) is 5.82 Å². The molecule has 4 heteroatoms. The van der Waals surface area contributed by atoms with E-state index in [9.17, 15) is 0 Å². The van der Waals surface area contributed by atoms with Crippen molar-refractivity contribution in [3.63, 3.8) is 0 Å². The Kier molecular flexibility index (Phi) is 4.96. The van der Waals surface area contributed by atoms with E-state index in [1.54, 1.807) is 0 Å². The molecular formula is C14H24N4. The lowest BCUT2D eigenvalue weighted by molar-refractivity contribution is 0.255. The summed E-state index contributed by atoms with van der Waals surface area (Å²) in [5.41, 5.74) is 0. The van der Waals surface area contributed by atoms with Gasteiger partial charge in [0.15, 0.2) is 0 Å². The first kappa shape index (κ1) is 13.3. The number of hydrogen-bond acceptors (Lipinski definition) is 4. The van der Waals surface area contributed by atoms with Crippen LogP contribution in [0.5, 0.6) is 0 Å². The van der Waals surface area contributed by atoms with Crippen LogP contribution in [0.25, 0.3) is 0 Å². The van der Waals surface area contributed by atoms with Crippen LogP contribution in [0.1, 0.15) is 13.8 Å². The number of pyridine rings is 1. The quantitative estimate of drug-likeness (QED) is 0.848. The Morgan fingerprint density at radius 1 is 1.22 bits per heavy atom. The van der Waals surface area contributed by atoms with Gasteiger partial charge in [0, 0.05) is 51.5 Å². The maximum Gasteiger partial charge on any atom is 0.128 e. The molecule has 100 valence electrons. The first-order chi connectivity index (χ1) is 8.75. The largest absolute Gasteiger partial charge is 0.354 e. The Bertz CT molecular complexity index is 331. The van der Waals surface area contributed by atoms with Crippen molar-refractivity contribution >= 4 is 5.82 Å². The zero-order chi connectivity index (χ0) is 12.8. The topological polar surface area (TPSA) is 31.4 Å². The van der Waals surface area contributed by atoms with E-state index in [1.807, 2.05) is 12.3 Å². The molecule has 0 aromatic carbocycles. The van der Waals surface area contributed by atoms with Gasteiger partial charge < -0.3 is 10.2 Å². The minimum atomic E-state index is 0.583. The highest BCUT2D eigenvalue weighted by Gasteiger charge is 2.17. The van der Waals surface area contributed by atoms with Gasteiger partial charge in [0.1, 0.15) is 5.82 Å². The van der Waals surface area contributed by atoms with Crippen LogP contribution in [-0.4, -0.2) is 55.2 Å². The fraction of sp³-hybridized carbons (Fsp3) is 0.643. The number of nitrogens with one attached hydrogen (secondary N) is 1. The van der Waals surface area contributed by atoms with Gasteiger partial charge in [0.25, 0.3) is 0 Å². The Hall–Kier alpha value is -1.13. The van der Waals surface area contributed by atoms with Crippen LogP contribution in [0, 0.1) is 0 Å². The lowest BCUT2D eigenvalue weighted by atomic mass is 10.3. The normalized spacial score (nSPS) is 17.4. The van der Waals surface area contributed by atoms with Crippen LogP contribution < -0.4 is 10.2 Å². The van der Waals surface area contributed by atoms with Gasteiger partial charge >= 0.3 is 0 Å². The summed E-state index contributed by atoms with van der Waals surface area (Å²) in [4.78, 5) is 9.30. The molecule has 0 saturated carbocycles. The van der Waals surface area contributed by atoms with E-state index >= 15 is 0 Å². The van der Waals surface area contributed by atoms with Gasteiger partial charge in [-0.25, -0.2) is 4.98 Å². The first-order valence-electron chi connectivity index (χ1n) is 6.87. The van der Waals surface area contributed by atoms with Gasteiger partial charge in [-0.2, -0.15) is 0 Å². The Morgan fingerprint density at radius 2 is 2.00 bits per heavy atom. The molecule has 0 amide bonds. The second-order valence-electron chi connectivity index (χ2n) is 5.13. The highest BCUT2D eigenvalue weighted by atomic mass is 15.3. The average molecular weight is 248 g/mol. The molecule has 0 atom stereocenters. The number of anilines is 1. The van der Waals surface area contributed by atoms with E-state index < -0.39 is 0 Å². The molecule has 2 rings (SSSR count). The molecule has 1 fully saturated rings. The van der Waals surface area contributed by atoms with Crippen molar-refractivity contribution in [2.24, 2.45) is 0 Å². The average Bonchev–Trinajstić information content (AvgIpc) is 2.40. The molecule has 4 nitrogen and oxygen atoms in total. The summed E-state index contributed by atoms with van der Waals surface area (Å²) in [6, 6.07) is 6.70. The minimum absolute atomic E-state index is 0.583. The van der Waals surface area contributed by atoms with E-state index in [1.165, 1.54) is 0 Å². The van der Waals surface area contributed by atoms with Crippen molar-refractivity contribution < 1.29 is 0 Å². The standard InChI is InChI=1S/C14H24N4/c1-13(2)15-7-8-17-9-11-18(12-10-17)14-5-3-4-6-16-14/h3-6,13,15H,7-12H2,1-2H3. The summed E-state index contributed by atoms with van der Waals surface area (Å²) in [6.45, 7) is 11.1. The summed E-state index contributed by atoms with van der Waals surface area (Å²) in [6.07, 6.45) is 1.87. The maximum atomic E-state index is 4.41. The van der Waals surface area contributed by atoms with Crippen molar-refractivity contribution in [2.75, 3.05) is 44.2 Å². The number of piperazine rings is 1. The highest BCUT2D eigenvalue weighted by molar-refractivity contribution is 5.38. The molecule has 2 heterocycles. The Morgan fingerprint density at radius 3 is 2.61 bits per heavy atom. The molecule has 0 aliphatic carbocycles. The summed E-state index contributed by atoms with van der Waals surface area (Å²) in [5.74, 6) is 1.11. The molecule has 1 aromatic rings. The van der Waals surface area contributed by atoms with E-state index in [2.05, 4.69) is 46.1 Å². The first-order valence-corrected chi connectivity index (χ1v) is 6.87.